The average Bonchev–Trinajstić information content (AvgIpc) is 2.68. The van der Waals surface area contributed by atoms with Crippen LogP contribution in [0.3, 0.4) is 0 Å². The maximum Gasteiger partial charge on any atom is 4.00 e. The largest absolute Gasteiger partial charge is 4.00 e. The molecule has 0 aromatic heterocycles. The number of halogens is 2. The van der Waals surface area contributed by atoms with Crippen LogP contribution in [0.2, 0.25) is 13.1 Å². The van der Waals surface area contributed by atoms with Crippen molar-refractivity contribution in [3.63, 3.8) is 0 Å². The SMILES string of the molecule is CC1=CC[C-]=C1.CCCCC([NH-])=O.C[SiH]C.[Cl-].[Cl-].[Ti+4]. The van der Waals surface area contributed by atoms with Crippen molar-refractivity contribution in [2.75, 3.05) is 0 Å². The van der Waals surface area contributed by atoms with Crippen LogP contribution in [0.5, 0.6) is 0 Å². The van der Waals surface area contributed by atoms with Gasteiger partial charge in [0.15, 0.2) is 0 Å². The minimum atomic E-state index is -0.443. The van der Waals surface area contributed by atoms with Gasteiger partial charge in [0, 0.05) is 15.4 Å². The fourth-order valence-electron chi connectivity index (χ4n) is 0.836. The Morgan fingerprint density at radius 3 is 2.00 bits per heavy atom. The maximum absolute atomic E-state index is 9.87. The summed E-state index contributed by atoms with van der Waals surface area (Å²) in [6.07, 6.45) is 10.5. The molecule has 0 aromatic carbocycles. The van der Waals surface area contributed by atoms with Gasteiger partial charge in [0.1, 0.15) is 0 Å². The van der Waals surface area contributed by atoms with Crippen LogP contribution in [0.25, 0.3) is 5.73 Å². The van der Waals surface area contributed by atoms with Crippen LogP contribution in [0.1, 0.15) is 39.5 Å². The predicted molar refractivity (Wildman–Crippen MR) is 73.9 cm³/mol. The van der Waals surface area contributed by atoms with Gasteiger partial charge in [-0.3, -0.25) is 6.08 Å². The van der Waals surface area contributed by atoms with Crippen LogP contribution < -0.4 is 24.8 Å². The average molecular weight is 357 g/mol. The zero-order valence-corrected chi connectivity index (χ0v) is 16.5. The first-order chi connectivity index (χ1) is 7.58. The number of allylic oxidation sites excluding steroid dienone is 4. The Balaban J connectivity index is -0.0000000507. The van der Waals surface area contributed by atoms with E-state index in [2.05, 4.69) is 32.2 Å². The summed E-state index contributed by atoms with van der Waals surface area (Å²) in [6.45, 7) is 8.50. The number of hydrogen-bond donors (Lipinski definition) is 0. The van der Waals surface area contributed by atoms with E-state index in [4.69, 9.17) is 5.73 Å². The van der Waals surface area contributed by atoms with Gasteiger partial charge >= 0.3 is 21.7 Å². The van der Waals surface area contributed by atoms with Crippen molar-refractivity contribution in [2.24, 2.45) is 0 Å². The van der Waals surface area contributed by atoms with Crippen LogP contribution in [-0.4, -0.2) is 15.4 Å². The van der Waals surface area contributed by atoms with Crippen molar-refractivity contribution in [1.29, 1.82) is 0 Å². The van der Waals surface area contributed by atoms with Crippen molar-refractivity contribution < 1.29 is 51.3 Å². The first kappa shape index (κ1) is 31.7. The molecule has 1 aliphatic rings. The van der Waals surface area contributed by atoms with Crippen LogP contribution in [-0.2, 0) is 26.5 Å². The Kier molecular flexibility index (Phi) is 44.9. The van der Waals surface area contributed by atoms with E-state index in [0.717, 1.165) is 28.8 Å². The summed E-state index contributed by atoms with van der Waals surface area (Å²) in [4.78, 5) is 9.87. The molecule has 0 bridgehead atoms. The predicted octanol–water partition coefficient (Wildman–Crippen LogP) is -2.02. The van der Waals surface area contributed by atoms with Crippen LogP contribution >= 0.6 is 0 Å². The van der Waals surface area contributed by atoms with Gasteiger partial charge in [-0.25, -0.2) is 11.6 Å². The maximum atomic E-state index is 9.87. The van der Waals surface area contributed by atoms with Gasteiger partial charge in [-0.1, -0.05) is 26.4 Å². The minimum absolute atomic E-state index is 0. The third-order valence-corrected chi connectivity index (χ3v) is 1.63. The number of rotatable bonds is 3. The molecular weight excluding hydrogens is 333 g/mol. The van der Waals surface area contributed by atoms with E-state index in [1.807, 2.05) is 13.0 Å². The van der Waals surface area contributed by atoms with Gasteiger partial charge in [-0.05, 0) is 12.8 Å². The fraction of sp³-hybridized carbons (Fsp3) is 0.615. The van der Waals surface area contributed by atoms with Gasteiger partial charge < -0.3 is 35.3 Å². The van der Waals surface area contributed by atoms with E-state index in [1.54, 1.807) is 0 Å². The number of hydrogen-bond acceptors (Lipinski definition) is 1. The Bertz CT molecular complexity index is 234. The van der Waals surface area contributed by atoms with Crippen molar-refractivity contribution in [2.45, 2.75) is 52.6 Å². The molecule has 0 unspecified atom stereocenters. The standard InChI is InChI=1S/C6H7.C5H11NO.C2H7Si.2ClH.Ti/c1-6-4-2-3-5-6;1-2-3-4-5(6)7;1-3-2;;;/h4-5H,2H2,1H3;2-4H2,1H3,(H2,6,7);3H,1-2H3;2*1H;/q-1;;;;;+4/p-3. The van der Waals surface area contributed by atoms with E-state index in [9.17, 15) is 4.79 Å². The molecule has 6 heteroatoms. The zero-order chi connectivity index (χ0) is 12.8. The van der Waals surface area contributed by atoms with E-state index in [0.29, 0.717) is 6.42 Å². The van der Waals surface area contributed by atoms with Gasteiger partial charge in [0.05, 0.1) is 0 Å². The summed E-state index contributed by atoms with van der Waals surface area (Å²) in [6, 6.07) is 0. The summed E-state index contributed by atoms with van der Waals surface area (Å²) in [5, 5.41) is 0. The second-order valence-electron chi connectivity index (χ2n) is 3.60. The smallest absolute Gasteiger partial charge is 1.00 e. The number of unbranched alkanes of at least 4 members (excludes halogenated alkanes) is 1. The minimum Gasteiger partial charge on any atom is -1.00 e. The van der Waals surface area contributed by atoms with Crippen LogP contribution in [0, 0.1) is 6.08 Å². The first-order valence-corrected chi connectivity index (χ1v) is 8.11. The van der Waals surface area contributed by atoms with E-state index < -0.39 is 5.91 Å². The monoisotopic (exact) mass is 356 g/mol. The molecule has 1 aliphatic carbocycles. The number of amides is 1. The van der Waals surface area contributed by atoms with Gasteiger partial charge in [0.25, 0.3) is 0 Å². The second-order valence-corrected chi connectivity index (χ2v) is 4.76. The molecule has 0 heterocycles. The molecule has 109 valence electrons. The number of nitrogens with one attached hydrogen (secondary N) is 1. The molecule has 0 spiro atoms. The Morgan fingerprint density at radius 2 is 1.89 bits per heavy atom. The zero-order valence-electron chi connectivity index (χ0n) is 12.2. The summed E-state index contributed by atoms with van der Waals surface area (Å²) in [5.41, 5.74) is 7.78. The first-order valence-electron chi connectivity index (χ1n) is 5.80. The molecule has 0 saturated heterocycles. The Labute approximate surface area is 148 Å². The van der Waals surface area contributed by atoms with Crippen molar-refractivity contribution in [1.82, 2.24) is 0 Å². The molecule has 19 heavy (non-hydrogen) atoms. The van der Waals surface area contributed by atoms with E-state index in [1.165, 1.54) is 5.57 Å². The van der Waals surface area contributed by atoms with Gasteiger partial charge in [-0.2, -0.15) is 6.08 Å². The molecule has 2 nitrogen and oxygen atoms in total. The van der Waals surface area contributed by atoms with Crippen molar-refractivity contribution in [3.05, 3.63) is 29.5 Å². The van der Waals surface area contributed by atoms with Crippen LogP contribution in [0.15, 0.2) is 17.7 Å². The van der Waals surface area contributed by atoms with E-state index in [-0.39, 0.29) is 46.5 Å². The molecule has 1 amide bonds. The molecule has 1 N–H and O–H groups in total. The molecule has 0 saturated carbocycles. The number of carbonyl (C=O) groups is 1. The van der Waals surface area contributed by atoms with Crippen molar-refractivity contribution in [3.8, 4) is 0 Å². The third kappa shape index (κ3) is 38.1. The summed E-state index contributed by atoms with van der Waals surface area (Å²) < 4.78 is 0. The molecule has 0 atom stereocenters. The Morgan fingerprint density at radius 1 is 1.42 bits per heavy atom. The van der Waals surface area contributed by atoms with Gasteiger partial charge in [-0.15, -0.1) is 13.3 Å². The fourth-order valence-corrected chi connectivity index (χ4v) is 0.836. The molecular formula is C13H24Cl2NOSiTi. The molecule has 0 fully saturated rings. The molecule has 1 rings (SSSR count). The van der Waals surface area contributed by atoms with Gasteiger partial charge in [0.2, 0.25) is 0 Å². The Hall–Kier alpha value is 0.461. The molecule has 0 aromatic rings. The summed E-state index contributed by atoms with van der Waals surface area (Å²) >= 11 is 0. The van der Waals surface area contributed by atoms with E-state index >= 15 is 0 Å². The quantitative estimate of drug-likeness (QED) is 0.425. The second kappa shape index (κ2) is 26.9. The number of carbonyl (C=O) groups excluding carboxylic acids is 1. The topological polar surface area (TPSA) is 40.9 Å². The van der Waals surface area contributed by atoms with Crippen molar-refractivity contribution >= 4 is 15.4 Å². The summed E-state index contributed by atoms with van der Waals surface area (Å²) in [5.74, 6) is -0.443. The third-order valence-electron chi connectivity index (χ3n) is 1.63. The van der Waals surface area contributed by atoms with Crippen LogP contribution in [0.4, 0.5) is 0 Å². The normalized spacial score (nSPS) is 10.0. The molecule has 0 aliphatic heterocycles. The summed E-state index contributed by atoms with van der Waals surface area (Å²) in [7, 11) is 0.750. The molecule has 1 radical (unpaired) electrons.